The van der Waals surface area contributed by atoms with Gasteiger partial charge in [0.15, 0.2) is 6.54 Å². The third kappa shape index (κ3) is 4.77. The number of phenolic OH excluding ortho intramolecular Hbond substituents is 1. The summed E-state index contributed by atoms with van der Waals surface area (Å²) in [6.45, 7) is 6.11. The molecule has 0 saturated heterocycles. The van der Waals surface area contributed by atoms with Gasteiger partial charge in [-0.1, -0.05) is 38.1 Å². The van der Waals surface area contributed by atoms with Crippen LogP contribution in [0.25, 0.3) is 0 Å². The van der Waals surface area contributed by atoms with Crippen molar-refractivity contribution in [3.05, 3.63) is 53.6 Å². The summed E-state index contributed by atoms with van der Waals surface area (Å²) in [6, 6.07) is 12.2. The molecule has 3 rings (SSSR count). The minimum absolute atomic E-state index is 0.0496. The number of quaternary nitrogens is 1. The van der Waals surface area contributed by atoms with Gasteiger partial charge >= 0.3 is 0 Å². The lowest BCUT2D eigenvalue weighted by Crippen LogP contribution is -3.12. The van der Waals surface area contributed by atoms with Crippen molar-refractivity contribution in [2.24, 2.45) is 0 Å². The second kappa shape index (κ2) is 8.94. The molecule has 8 heteroatoms. The Kier molecular flexibility index (Phi) is 6.56. The van der Waals surface area contributed by atoms with Gasteiger partial charge in [-0.3, -0.25) is 4.79 Å². The Hall–Kier alpha value is -2.42. The highest BCUT2D eigenvalue weighted by atomic mass is 32.2. The number of aromatic hydroxyl groups is 1. The van der Waals surface area contributed by atoms with E-state index in [-0.39, 0.29) is 28.8 Å². The summed E-state index contributed by atoms with van der Waals surface area (Å²) in [5.74, 6) is -0.414. The van der Waals surface area contributed by atoms with Gasteiger partial charge in [0.25, 0.3) is 5.91 Å². The van der Waals surface area contributed by atoms with Crippen molar-refractivity contribution in [2.75, 3.05) is 31.5 Å². The van der Waals surface area contributed by atoms with Crippen LogP contribution < -0.4 is 10.2 Å². The molecule has 3 N–H and O–H groups in total. The molecule has 29 heavy (non-hydrogen) atoms. The molecule has 0 bridgehead atoms. The number of fused-ring (bicyclic) bond motifs is 1. The number of carbonyl (C=O) groups is 1. The van der Waals surface area contributed by atoms with E-state index in [4.69, 9.17) is 0 Å². The Balaban J connectivity index is 1.71. The number of amides is 1. The van der Waals surface area contributed by atoms with E-state index in [1.54, 1.807) is 13.8 Å². The molecule has 2 aromatic rings. The van der Waals surface area contributed by atoms with Gasteiger partial charge in [-0.2, -0.15) is 4.31 Å². The van der Waals surface area contributed by atoms with Crippen LogP contribution in [0.5, 0.6) is 5.75 Å². The van der Waals surface area contributed by atoms with E-state index < -0.39 is 10.0 Å². The highest BCUT2D eigenvalue weighted by Gasteiger charge is 2.24. The van der Waals surface area contributed by atoms with Gasteiger partial charge in [-0.05, 0) is 23.8 Å². The van der Waals surface area contributed by atoms with Crippen molar-refractivity contribution in [3.63, 3.8) is 0 Å². The first-order valence-electron chi connectivity index (χ1n) is 9.88. The summed E-state index contributed by atoms with van der Waals surface area (Å²) >= 11 is 0. The zero-order valence-corrected chi connectivity index (χ0v) is 17.6. The molecule has 2 aromatic carbocycles. The number of carbonyl (C=O) groups excluding carboxylic acids is 1. The zero-order chi connectivity index (χ0) is 21.0. The number of rotatable bonds is 7. The molecule has 156 valence electrons. The molecule has 7 nitrogen and oxygen atoms in total. The van der Waals surface area contributed by atoms with Crippen LogP contribution in [-0.4, -0.2) is 49.9 Å². The van der Waals surface area contributed by atoms with E-state index in [1.165, 1.54) is 33.6 Å². The van der Waals surface area contributed by atoms with Crippen LogP contribution in [0.3, 0.4) is 0 Å². The van der Waals surface area contributed by atoms with Crippen molar-refractivity contribution in [1.29, 1.82) is 0 Å². The third-order valence-corrected chi connectivity index (χ3v) is 7.35. The van der Waals surface area contributed by atoms with Crippen LogP contribution in [-0.2, 0) is 27.8 Å². The molecule has 1 aliphatic heterocycles. The van der Waals surface area contributed by atoms with E-state index in [9.17, 15) is 18.3 Å². The standard InChI is InChI=1S/C21H27N3O4S/c1-3-24(4-2)29(27,28)18-9-10-20(25)19(13-18)22-21(26)15-23-12-11-16-7-5-6-8-17(16)14-23/h5-10,13,25H,3-4,11-12,14-15H2,1-2H3,(H,22,26)/p+1. The fraction of sp³-hybridized carbons (Fsp3) is 0.381. The summed E-state index contributed by atoms with van der Waals surface area (Å²) < 4.78 is 26.7. The molecule has 1 amide bonds. The van der Waals surface area contributed by atoms with Gasteiger partial charge in [-0.15, -0.1) is 0 Å². The van der Waals surface area contributed by atoms with Gasteiger partial charge in [0.1, 0.15) is 12.3 Å². The molecular formula is C21H28N3O4S+. The monoisotopic (exact) mass is 418 g/mol. The third-order valence-electron chi connectivity index (χ3n) is 5.30. The van der Waals surface area contributed by atoms with Gasteiger partial charge in [0.2, 0.25) is 10.0 Å². The van der Waals surface area contributed by atoms with Crippen molar-refractivity contribution >= 4 is 21.6 Å². The number of benzene rings is 2. The fourth-order valence-electron chi connectivity index (χ4n) is 3.70. The van der Waals surface area contributed by atoms with Crippen LogP contribution in [0.2, 0.25) is 0 Å². The molecule has 1 atom stereocenters. The van der Waals surface area contributed by atoms with E-state index in [2.05, 4.69) is 17.4 Å². The van der Waals surface area contributed by atoms with Crippen LogP contribution in [0.1, 0.15) is 25.0 Å². The van der Waals surface area contributed by atoms with Crippen molar-refractivity contribution < 1.29 is 23.2 Å². The predicted octanol–water partition coefficient (Wildman–Crippen LogP) is 1.00. The van der Waals surface area contributed by atoms with Crippen LogP contribution in [0, 0.1) is 0 Å². The van der Waals surface area contributed by atoms with Crippen LogP contribution in [0.4, 0.5) is 5.69 Å². The van der Waals surface area contributed by atoms with Crippen molar-refractivity contribution in [2.45, 2.75) is 31.7 Å². The van der Waals surface area contributed by atoms with Gasteiger partial charge in [-0.25, -0.2) is 8.42 Å². The second-order valence-corrected chi connectivity index (χ2v) is 9.13. The maximum Gasteiger partial charge on any atom is 0.279 e. The van der Waals surface area contributed by atoms with Crippen LogP contribution in [0.15, 0.2) is 47.4 Å². The molecular weight excluding hydrogens is 390 g/mol. The minimum Gasteiger partial charge on any atom is -0.506 e. The van der Waals surface area contributed by atoms with Crippen molar-refractivity contribution in [3.8, 4) is 5.75 Å². The van der Waals surface area contributed by atoms with Crippen LogP contribution >= 0.6 is 0 Å². The normalized spacial score (nSPS) is 16.4. The quantitative estimate of drug-likeness (QED) is 0.585. The Morgan fingerprint density at radius 2 is 1.83 bits per heavy atom. The molecule has 0 saturated carbocycles. The van der Waals surface area contributed by atoms with Crippen molar-refractivity contribution in [1.82, 2.24) is 4.31 Å². The Morgan fingerprint density at radius 1 is 1.14 bits per heavy atom. The maximum atomic E-state index is 12.7. The molecule has 0 aromatic heterocycles. The zero-order valence-electron chi connectivity index (χ0n) is 16.8. The first-order chi connectivity index (χ1) is 13.8. The maximum absolute atomic E-state index is 12.7. The lowest BCUT2D eigenvalue weighted by molar-refractivity contribution is -0.907. The van der Waals surface area contributed by atoms with E-state index in [0.717, 1.165) is 24.4 Å². The molecule has 0 fully saturated rings. The molecule has 1 unspecified atom stereocenters. The number of hydrogen-bond acceptors (Lipinski definition) is 4. The molecule has 0 spiro atoms. The number of hydrogen-bond donors (Lipinski definition) is 3. The SMILES string of the molecule is CCN(CC)S(=O)(=O)c1ccc(O)c(NC(=O)C[NH+]2CCc3ccccc3C2)c1. The molecule has 1 aliphatic rings. The predicted molar refractivity (Wildman–Crippen MR) is 111 cm³/mol. The highest BCUT2D eigenvalue weighted by Crippen LogP contribution is 2.27. The average Bonchev–Trinajstić information content (AvgIpc) is 2.70. The minimum atomic E-state index is -3.67. The first-order valence-corrected chi connectivity index (χ1v) is 11.3. The smallest absolute Gasteiger partial charge is 0.279 e. The summed E-state index contributed by atoms with van der Waals surface area (Å²) in [5.41, 5.74) is 2.68. The number of anilines is 1. The Labute approximate surface area is 172 Å². The molecule has 1 heterocycles. The Morgan fingerprint density at radius 3 is 2.52 bits per heavy atom. The summed E-state index contributed by atoms with van der Waals surface area (Å²) in [6.07, 6.45) is 0.918. The topological polar surface area (TPSA) is 91.2 Å². The highest BCUT2D eigenvalue weighted by molar-refractivity contribution is 7.89. The summed E-state index contributed by atoms with van der Waals surface area (Å²) in [4.78, 5) is 13.7. The van der Waals surface area contributed by atoms with Gasteiger partial charge in [0.05, 0.1) is 17.1 Å². The summed E-state index contributed by atoms with van der Waals surface area (Å²) in [5, 5.41) is 12.8. The van der Waals surface area contributed by atoms with E-state index in [0.29, 0.717) is 13.1 Å². The lowest BCUT2D eigenvalue weighted by atomic mass is 10.00. The lowest BCUT2D eigenvalue weighted by Gasteiger charge is -2.25. The molecule has 0 aliphatic carbocycles. The second-order valence-electron chi connectivity index (χ2n) is 7.19. The number of nitrogens with zero attached hydrogens (tertiary/aromatic N) is 1. The van der Waals surface area contributed by atoms with Gasteiger partial charge in [0, 0.05) is 25.1 Å². The number of sulfonamides is 1. The fourth-order valence-corrected chi connectivity index (χ4v) is 5.19. The number of nitrogens with one attached hydrogen (secondary N) is 2. The van der Waals surface area contributed by atoms with E-state index >= 15 is 0 Å². The average molecular weight is 419 g/mol. The van der Waals surface area contributed by atoms with Gasteiger partial charge < -0.3 is 15.3 Å². The largest absolute Gasteiger partial charge is 0.506 e. The number of phenols is 1. The Bertz CT molecular complexity index is 987. The van der Waals surface area contributed by atoms with E-state index in [1.807, 2.05) is 12.1 Å². The summed E-state index contributed by atoms with van der Waals surface area (Å²) in [7, 11) is -3.67. The first kappa shape index (κ1) is 21.3. The molecule has 0 radical (unpaired) electrons.